The van der Waals surface area contributed by atoms with Gasteiger partial charge in [0, 0.05) is 25.2 Å². The quantitative estimate of drug-likeness (QED) is 0.542. The molecule has 1 saturated heterocycles. The molecule has 2 aromatic carbocycles. The van der Waals surface area contributed by atoms with Crippen molar-refractivity contribution in [3.63, 3.8) is 0 Å². The molecule has 5 nitrogen and oxygen atoms in total. The SMILES string of the molecule is CC(C)(C)[S@](=O)N[C@@H](Cc1cc(F)c(F)cc1F)C1CCN(C(=O)OCc2ccccc2)CC1. The largest absolute Gasteiger partial charge is 0.445 e. The van der Waals surface area contributed by atoms with E-state index in [0.29, 0.717) is 32.0 Å². The first-order valence-corrected chi connectivity index (χ1v) is 12.5. The number of carbonyl (C=O) groups excluding carboxylic acids is 1. The Bertz CT molecular complexity index is 1010. The Kier molecular flexibility index (Phi) is 8.76. The van der Waals surface area contributed by atoms with Crippen molar-refractivity contribution >= 4 is 17.1 Å². The minimum Gasteiger partial charge on any atom is -0.445 e. The third-order valence-electron chi connectivity index (χ3n) is 5.92. The molecule has 0 saturated carbocycles. The molecule has 0 spiro atoms. The normalized spacial score (nSPS) is 16.8. The molecule has 1 heterocycles. The van der Waals surface area contributed by atoms with Crippen LogP contribution in [0.1, 0.15) is 44.7 Å². The van der Waals surface area contributed by atoms with Gasteiger partial charge in [0.05, 0.1) is 15.7 Å². The van der Waals surface area contributed by atoms with Crippen molar-refractivity contribution in [1.82, 2.24) is 9.62 Å². The second-order valence-corrected chi connectivity index (χ2v) is 11.5. The van der Waals surface area contributed by atoms with Gasteiger partial charge in [-0.05, 0) is 63.1 Å². The zero-order valence-electron chi connectivity index (χ0n) is 19.7. The molecule has 0 unspecified atom stereocenters. The van der Waals surface area contributed by atoms with Crippen LogP contribution in [0.15, 0.2) is 42.5 Å². The van der Waals surface area contributed by atoms with Crippen LogP contribution >= 0.6 is 0 Å². The van der Waals surface area contributed by atoms with E-state index >= 15 is 0 Å². The highest BCUT2D eigenvalue weighted by atomic mass is 32.2. The van der Waals surface area contributed by atoms with E-state index in [1.807, 2.05) is 51.1 Å². The Morgan fingerprint density at radius 3 is 2.32 bits per heavy atom. The van der Waals surface area contributed by atoms with Gasteiger partial charge in [-0.2, -0.15) is 0 Å². The maximum Gasteiger partial charge on any atom is 0.410 e. The second kappa shape index (κ2) is 11.4. The molecule has 186 valence electrons. The molecular weight excluding hydrogens is 465 g/mol. The highest BCUT2D eigenvalue weighted by Gasteiger charge is 2.33. The molecule has 1 aliphatic rings. The van der Waals surface area contributed by atoms with Crippen LogP contribution in [0.4, 0.5) is 18.0 Å². The summed E-state index contributed by atoms with van der Waals surface area (Å²) in [6.07, 6.45) is 0.792. The first kappa shape index (κ1) is 26.2. The molecule has 2 atom stereocenters. The number of carbonyl (C=O) groups is 1. The van der Waals surface area contributed by atoms with Gasteiger partial charge in [-0.25, -0.2) is 26.9 Å². The van der Waals surface area contributed by atoms with E-state index in [4.69, 9.17) is 4.74 Å². The minimum atomic E-state index is -1.45. The molecule has 0 radical (unpaired) electrons. The van der Waals surface area contributed by atoms with E-state index < -0.39 is 45.3 Å². The maximum absolute atomic E-state index is 14.3. The lowest BCUT2D eigenvalue weighted by Gasteiger charge is -2.37. The number of hydrogen-bond acceptors (Lipinski definition) is 3. The number of nitrogens with zero attached hydrogens (tertiary/aromatic N) is 1. The van der Waals surface area contributed by atoms with Crippen LogP contribution in [0.2, 0.25) is 0 Å². The molecule has 0 aromatic heterocycles. The first-order valence-electron chi connectivity index (χ1n) is 11.3. The van der Waals surface area contributed by atoms with Crippen molar-refractivity contribution in [2.24, 2.45) is 5.92 Å². The molecule has 34 heavy (non-hydrogen) atoms. The fourth-order valence-corrected chi connectivity index (χ4v) is 4.78. The molecule has 2 aromatic rings. The Morgan fingerprint density at radius 2 is 1.71 bits per heavy atom. The molecule has 0 aliphatic carbocycles. The molecule has 1 amide bonds. The lowest BCUT2D eigenvalue weighted by molar-refractivity contribution is 0.0791. The standard InChI is InChI=1S/C25H31F3N2O3S/c1-25(2,3)34(32)29-23(14-19-13-21(27)22(28)15-20(19)26)18-9-11-30(12-10-18)24(31)33-16-17-7-5-4-6-8-17/h4-8,13,15,18,23,29H,9-12,14,16H2,1-3H3/t23-,34-/m0/s1. The summed E-state index contributed by atoms with van der Waals surface area (Å²) in [5.74, 6) is -3.25. The predicted octanol–water partition coefficient (Wildman–Crippen LogP) is 5.12. The van der Waals surface area contributed by atoms with Crippen LogP contribution < -0.4 is 4.72 Å². The maximum atomic E-state index is 14.3. The zero-order valence-corrected chi connectivity index (χ0v) is 20.5. The highest BCUT2D eigenvalue weighted by molar-refractivity contribution is 7.84. The second-order valence-electron chi connectivity index (χ2n) is 9.53. The number of ether oxygens (including phenoxy) is 1. The van der Waals surface area contributed by atoms with E-state index in [-0.39, 0.29) is 24.5 Å². The van der Waals surface area contributed by atoms with Gasteiger partial charge in [-0.1, -0.05) is 30.3 Å². The predicted molar refractivity (Wildman–Crippen MR) is 126 cm³/mol. The molecule has 9 heteroatoms. The van der Waals surface area contributed by atoms with Gasteiger partial charge in [0.15, 0.2) is 11.6 Å². The Hall–Kier alpha value is -2.39. The average Bonchev–Trinajstić information content (AvgIpc) is 2.80. The van der Waals surface area contributed by atoms with Crippen molar-refractivity contribution < 1.29 is 26.9 Å². The molecule has 3 rings (SSSR count). The Morgan fingerprint density at radius 1 is 1.09 bits per heavy atom. The average molecular weight is 497 g/mol. The highest BCUT2D eigenvalue weighted by Crippen LogP contribution is 2.27. The van der Waals surface area contributed by atoms with Crippen molar-refractivity contribution in [3.8, 4) is 0 Å². The Labute approximate surface area is 201 Å². The van der Waals surface area contributed by atoms with Gasteiger partial charge < -0.3 is 9.64 Å². The number of likely N-dealkylation sites (tertiary alicyclic amines) is 1. The van der Waals surface area contributed by atoms with Crippen LogP contribution in [0.3, 0.4) is 0 Å². The number of halogens is 3. The zero-order chi connectivity index (χ0) is 24.9. The number of hydrogen-bond donors (Lipinski definition) is 1. The van der Waals surface area contributed by atoms with Crippen molar-refractivity contribution in [2.75, 3.05) is 13.1 Å². The lowest BCUT2D eigenvalue weighted by atomic mass is 9.86. The van der Waals surface area contributed by atoms with Gasteiger partial charge in [-0.3, -0.25) is 0 Å². The number of nitrogens with one attached hydrogen (secondary N) is 1. The van der Waals surface area contributed by atoms with Crippen molar-refractivity contribution in [3.05, 3.63) is 71.0 Å². The molecule has 1 aliphatic heterocycles. The van der Waals surface area contributed by atoms with Crippen LogP contribution in [0.25, 0.3) is 0 Å². The monoisotopic (exact) mass is 496 g/mol. The van der Waals surface area contributed by atoms with Crippen molar-refractivity contribution in [2.45, 2.75) is 57.4 Å². The summed E-state index contributed by atoms with van der Waals surface area (Å²) >= 11 is 0. The summed E-state index contributed by atoms with van der Waals surface area (Å²) in [6.45, 7) is 6.49. The van der Waals surface area contributed by atoms with E-state index in [9.17, 15) is 22.2 Å². The van der Waals surface area contributed by atoms with E-state index in [2.05, 4.69) is 4.72 Å². The summed E-state index contributed by atoms with van der Waals surface area (Å²) in [5.41, 5.74) is 0.917. The molecule has 1 N–H and O–H groups in total. The fraction of sp³-hybridized carbons (Fsp3) is 0.480. The Balaban J connectivity index is 1.65. The van der Waals surface area contributed by atoms with Crippen LogP contribution in [0.5, 0.6) is 0 Å². The van der Waals surface area contributed by atoms with Crippen LogP contribution in [-0.2, 0) is 28.8 Å². The molecule has 0 bridgehead atoms. The van der Waals surface area contributed by atoms with E-state index in [1.54, 1.807) is 4.90 Å². The summed E-state index contributed by atoms with van der Waals surface area (Å²) in [7, 11) is -1.45. The first-order chi connectivity index (χ1) is 16.0. The summed E-state index contributed by atoms with van der Waals surface area (Å²) in [5, 5.41) is 0. The number of rotatable bonds is 7. The van der Waals surface area contributed by atoms with Gasteiger partial charge >= 0.3 is 6.09 Å². The van der Waals surface area contributed by atoms with Crippen LogP contribution in [-0.4, -0.2) is 39.1 Å². The van der Waals surface area contributed by atoms with Gasteiger partial charge in [-0.15, -0.1) is 0 Å². The van der Waals surface area contributed by atoms with Crippen molar-refractivity contribution in [1.29, 1.82) is 0 Å². The lowest BCUT2D eigenvalue weighted by Crippen LogP contribution is -2.49. The van der Waals surface area contributed by atoms with E-state index in [0.717, 1.165) is 11.6 Å². The fourth-order valence-electron chi connectivity index (χ4n) is 3.87. The number of benzene rings is 2. The topological polar surface area (TPSA) is 58.6 Å². The summed E-state index contributed by atoms with van der Waals surface area (Å²) in [4.78, 5) is 14.1. The third-order valence-corrected chi connectivity index (χ3v) is 7.54. The smallest absolute Gasteiger partial charge is 0.410 e. The summed E-state index contributed by atoms with van der Waals surface area (Å²) in [6, 6.07) is 10.3. The molecule has 1 fully saturated rings. The third kappa shape index (κ3) is 7.06. The van der Waals surface area contributed by atoms with Crippen LogP contribution in [0, 0.1) is 23.4 Å². The van der Waals surface area contributed by atoms with Gasteiger partial charge in [0.1, 0.15) is 12.4 Å². The van der Waals surface area contributed by atoms with Gasteiger partial charge in [0.25, 0.3) is 0 Å². The number of amides is 1. The minimum absolute atomic E-state index is 0.0204. The summed E-state index contributed by atoms with van der Waals surface area (Å²) < 4.78 is 62.2. The number of piperidine rings is 1. The van der Waals surface area contributed by atoms with Gasteiger partial charge in [0.2, 0.25) is 0 Å². The van der Waals surface area contributed by atoms with E-state index in [1.165, 1.54) is 0 Å². The molecular formula is C25H31F3N2O3S.